The molecule has 0 spiro atoms. The van der Waals surface area contributed by atoms with Crippen LogP contribution >= 0.6 is 35.1 Å². The number of hydrogen-bond acceptors (Lipinski definition) is 3. The van der Waals surface area contributed by atoms with Gasteiger partial charge < -0.3 is 5.32 Å². The number of hydrogen-bond donors (Lipinski definition) is 1. The van der Waals surface area contributed by atoms with Crippen LogP contribution in [0.25, 0.3) is 0 Å². The van der Waals surface area contributed by atoms with E-state index in [2.05, 4.69) is 41.7 Å². The molecule has 0 aromatic heterocycles. The highest BCUT2D eigenvalue weighted by Gasteiger charge is 2.07. The number of carbonyl (C=O) groups excluding carboxylic acids is 1. The minimum absolute atomic E-state index is 0.0217. The van der Waals surface area contributed by atoms with Crippen molar-refractivity contribution >= 4 is 46.7 Å². The summed E-state index contributed by atoms with van der Waals surface area (Å²) < 4.78 is 0. The van der Waals surface area contributed by atoms with Crippen LogP contribution in [-0.2, 0) is 16.3 Å². The van der Waals surface area contributed by atoms with Crippen LogP contribution in [-0.4, -0.2) is 11.7 Å². The molecule has 144 valence electrons. The molecule has 0 heterocycles. The fourth-order valence-electron chi connectivity index (χ4n) is 2.67. The molecule has 0 aliphatic carbocycles. The van der Waals surface area contributed by atoms with Gasteiger partial charge >= 0.3 is 0 Å². The van der Waals surface area contributed by atoms with Crippen molar-refractivity contribution in [1.82, 2.24) is 0 Å². The predicted molar refractivity (Wildman–Crippen MR) is 123 cm³/mol. The molecule has 0 bridgehead atoms. The summed E-state index contributed by atoms with van der Waals surface area (Å²) in [6.07, 6.45) is 0. The Morgan fingerprint density at radius 1 is 0.929 bits per heavy atom. The Hall–Kier alpha value is -1.88. The van der Waals surface area contributed by atoms with E-state index in [0.29, 0.717) is 5.75 Å². The standard InChI is InChI=1S/C23H22ClNOS2/c1-17-13-19(15-28-21-5-3-2-4-6-21)9-12-22(17)25-23(26)16-27-14-18-7-10-20(24)11-8-18/h2-13H,14-16H2,1H3,(H,25,26). The number of halogens is 1. The quantitative estimate of drug-likeness (QED) is 0.400. The van der Waals surface area contributed by atoms with Gasteiger partial charge in [-0.05, 0) is 53.9 Å². The summed E-state index contributed by atoms with van der Waals surface area (Å²) in [5, 5.41) is 3.75. The van der Waals surface area contributed by atoms with Crippen LogP contribution in [0, 0.1) is 6.92 Å². The zero-order valence-electron chi connectivity index (χ0n) is 15.7. The van der Waals surface area contributed by atoms with Crippen molar-refractivity contribution in [2.45, 2.75) is 23.3 Å². The topological polar surface area (TPSA) is 29.1 Å². The fraction of sp³-hybridized carbons (Fsp3) is 0.174. The summed E-state index contributed by atoms with van der Waals surface area (Å²) >= 11 is 9.30. The Bertz CT molecular complexity index is 914. The van der Waals surface area contributed by atoms with Crippen LogP contribution in [0.3, 0.4) is 0 Å². The lowest BCUT2D eigenvalue weighted by molar-refractivity contribution is -0.113. The molecular weight excluding hydrogens is 406 g/mol. The average Bonchev–Trinajstić information content (AvgIpc) is 2.70. The van der Waals surface area contributed by atoms with Crippen molar-refractivity contribution in [1.29, 1.82) is 0 Å². The molecule has 5 heteroatoms. The van der Waals surface area contributed by atoms with Crippen LogP contribution in [0.5, 0.6) is 0 Å². The fourth-order valence-corrected chi connectivity index (χ4v) is 4.44. The van der Waals surface area contributed by atoms with Crippen LogP contribution in [0.2, 0.25) is 5.02 Å². The summed E-state index contributed by atoms with van der Waals surface area (Å²) in [5.74, 6) is 2.15. The molecular formula is C23H22ClNOS2. The van der Waals surface area contributed by atoms with E-state index in [1.807, 2.05) is 55.1 Å². The normalized spacial score (nSPS) is 10.6. The maximum atomic E-state index is 12.2. The number of rotatable bonds is 8. The molecule has 0 fully saturated rings. The molecule has 0 unspecified atom stereocenters. The van der Waals surface area contributed by atoms with Crippen molar-refractivity contribution in [3.8, 4) is 0 Å². The van der Waals surface area contributed by atoms with Crippen LogP contribution in [0.4, 0.5) is 5.69 Å². The van der Waals surface area contributed by atoms with Gasteiger partial charge in [0.1, 0.15) is 0 Å². The third-order valence-corrected chi connectivity index (χ3v) is 6.47. The largest absolute Gasteiger partial charge is 0.325 e. The smallest absolute Gasteiger partial charge is 0.234 e. The lowest BCUT2D eigenvalue weighted by Crippen LogP contribution is -2.15. The van der Waals surface area contributed by atoms with Crippen molar-refractivity contribution in [3.05, 3.63) is 94.5 Å². The van der Waals surface area contributed by atoms with E-state index in [1.54, 1.807) is 11.8 Å². The molecule has 0 atom stereocenters. The Kier molecular flexibility index (Phi) is 7.90. The highest BCUT2D eigenvalue weighted by Crippen LogP contribution is 2.25. The highest BCUT2D eigenvalue weighted by atomic mass is 35.5. The van der Waals surface area contributed by atoms with E-state index in [1.165, 1.54) is 16.0 Å². The molecule has 2 nitrogen and oxygen atoms in total. The lowest BCUT2D eigenvalue weighted by Gasteiger charge is -2.10. The third kappa shape index (κ3) is 6.62. The first kappa shape index (κ1) is 20.8. The molecule has 1 N–H and O–H groups in total. The number of benzene rings is 3. The van der Waals surface area contributed by atoms with E-state index >= 15 is 0 Å². The molecule has 28 heavy (non-hydrogen) atoms. The van der Waals surface area contributed by atoms with Gasteiger partial charge in [-0.3, -0.25) is 4.79 Å². The Morgan fingerprint density at radius 3 is 2.36 bits per heavy atom. The lowest BCUT2D eigenvalue weighted by atomic mass is 10.1. The van der Waals surface area contributed by atoms with E-state index < -0.39 is 0 Å². The Morgan fingerprint density at radius 2 is 1.64 bits per heavy atom. The Labute approximate surface area is 180 Å². The van der Waals surface area contributed by atoms with Gasteiger partial charge in [-0.15, -0.1) is 23.5 Å². The van der Waals surface area contributed by atoms with Gasteiger partial charge in [0.05, 0.1) is 5.75 Å². The SMILES string of the molecule is Cc1cc(CSc2ccccc2)ccc1NC(=O)CSCc1ccc(Cl)cc1. The van der Waals surface area contributed by atoms with Crippen LogP contribution in [0.15, 0.2) is 77.7 Å². The molecule has 0 aliphatic heterocycles. The number of amides is 1. The van der Waals surface area contributed by atoms with Crippen LogP contribution < -0.4 is 5.32 Å². The van der Waals surface area contributed by atoms with Gasteiger partial charge in [0, 0.05) is 27.1 Å². The highest BCUT2D eigenvalue weighted by molar-refractivity contribution is 7.99. The first-order valence-corrected chi connectivity index (χ1v) is 11.5. The van der Waals surface area contributed by atoms with Gasteiger partial charge in [-0.1, -0.05) is 54.1 Å². The van der Waals surface area contributed by atoms with E-state index in [9.17, 15) is 4.79 Å². The summed E-state index contributed by atoms with van der Waals surface area (Å²) in [6, 6.07) is 24.3. The molecule has 0 saturated carbocycles. The van der Waals surface area contributed by atoms with Crippen molar-refractivity contribution in [3.63, 3.8) is 0 Å². The van der Waals surface area contributed by atoms with E-state index in [4.69, 9.17) is 11.6 Å². The second-order valence-corrected chi connectivity index (χ2v) is 8.89. The van der Waals surface area contributed by atoms with Gasteiger partial charge in [0.25, 0.3) is 0 Å². The molecule has 3 aromatic rings. The maximum absolute atomic E-state index is 12.2. The first-order valence-electron chi connectivity index (χ1n) is 8.99. The zero-order chi connectivity index (χ0) is 19.8. The second-order valence-electron chi connectivity index (χ2n) is 6.42. The van der Waals surface area contributed by atoms with Crippen molar-refractivity contribution < 1.29 is 4.79 Å². The number of aryl methyl sites for hydroxylation is 1. The van der Waals surface area contributed by atoms with E-state index in [-0.39, 0.29) is 5.91 Å². The van der Waals surface area contributed by atoms with Gasteiger partial charge in [0.15, 0.2) is 0 Å². The average molecular weight is 428 g/mol. The van der Waals surface area contributed by atoms with Crippen molar-refractivity contribution in [2.24, 2.45) is 0 Å². The van der Waals surface area contributed by atoms with Gasteiger partial charge in [0.2, 0.25) is 5.91 Å². The van der Waals surface area contributed by atoms with Crippen LogP contribution in [0.1, 0.15) is 16.7 Å². The van der Waals surface area contributed by atoms with Crippen molar-refractivity contribution in [2.75, 3.05) is 11.1 Å². The molecule has 0 saturated heterocycles. The monoisotopic (exact) mass is 427 g/mol. The molecule has 0 aliphatic rings. The third-order valence-electron chi connectivity index (χ3n) is 4.13. The van der Waals surface area contributed by atoms with Gasteiger partial charge in [-0.25, -0.2) is 0 Å². The number of anilines is 1. The first-order chi connectivity index (χ1) is 13.6. The molecule has 0 radical (unpaired) electrons. The number of carbonyl (C=O) groups is 1. The maximum Gasteiger partial charge on any atom is 0.234 e. The summed E-state index contributed by atoms with van der Waals surface area (Å²) in [4.78, 5) is 13.5. The number of thioether (sulfide) groups is 2. The zero-order valence-corrected chi connectivity index (χ0v) is 18.0. The van der Waals surface area contributed by atoms with E-state index in [0.717, 1.165) is 27.8 Å². The molecule has 3 aromatic carbocycles. The summed E-state index contributed by atoms with van der Waals surface area (Å²) in [6.45, 7) is 2.03. The predicted octanol–water partition coefficient (Wildman–Crippen LogP) is 6.81. The summed E-state index contributed by atoms with van der Waals surface area (Å²) in [7, 11) is 0. The Balaban J connectivity index is 1.46. The number of nitrogens with one attached hydrogen (secondary N) is 1. The minimum Gasteiger partial charge on any atom is -0.325 e. The van der Waals surface area contributed by atoms with Gasteiger partial charge in [-0.2, -0.15) is 0 Å². The summed E-state index contributed by atoms with van der Waals surface area (Å²) in [5.41, 5.74) is 4.38. The molecule has 3 rings (SSSR count). The molecule has 1 amide bonds. The second kappa shape index (κ2) is 10.6. The minimum atomic E-state index is 0.0217.